The van der Waals surface area contributed by atoms with E-state index in [1.807, 2.05) is 0 Å². The maximum absolute atomic E-state index is 12.2. The Hall–Kier alpha value is -2.12. The molecule has 22 heavy (non-hydrogen) atoms. The van der Waals surface area contributed by atoms with Crippen LogP contribution in [0.4, 0.5) is 18.9 Å². The van der Waals surface area contributed by atoms with Crippen LogP contribution in [-0.4, -0.2) is 24.0 Å². The van der Waals surface area contributed by atoms with Gasteiger partial charge in [0.15, 0.2) is 5.75 Å². The van der Waals surface area contributed by atoms with E-state index in [1.165, 1.54) is 19.2 Å². The van der Waals surface area contributed by atoms with E-state index in [2.05, 4.69) is 0 Å². The second-order valence-electron chi connectivity index (χ2n) is 5.45. The topological polar surface area (TPSA) is 69.4 Å². The van der Waals surface area contributed by atoms with Gasteiger partial charge in [-0.05, 0) is 23.5 Å². The number of benzene rings is 1. The molecule has 0 aromatic heterocycles. The molecule has 0 heterocycles. The van der Waals surface area contributed by atoms with Crippen LogP contribution in [0.3, 0.4) is 0 Å². The number of hydrogen-bond acceptors (Lipinski definition) is 4. The second-order valence-corrected chi connectivity index (χ2v) is 5.45. The minimum Gasteiger partial charge on any atom is -0.490 e. The van der Waals surface area contributed by atoms with E-state index in [0.29, 0.717) is 5.56 Å². The molecule has 0 unspecified atom stereocenters. The van der Waals surface area contributed by atoms with Crippen molar-refractivity contribution >= 4 is 11.5 Å². The number of Topliss-reactive ketones (excluding diaryl/α,β-unsaturated/α-hetero) is 1. The lowest BCUT2D eigenvalue weighted by Gasteiger charge is -2.25. The minimum atomic E-state index is -4.86. The maximum atomic E-state index is 12.2. The largest absolute Gasteiger partial charge is 0.490 e. The van der Waals surface area contributed by atoms with Crippen LogP contribution in [0.1, 0.15) is 32.3 Å². The standard InChI is InChI=1S/C14H16F3NO4/c1-13(2,7-6-12(19)14(15,16)17)9-4-5-11(22-3)10(8-9)18(20)21/h4-5,8H,6-7H2,1-3H3. The Labute approximate surface area is 125 Å². The second kappa shape index (κ2) is 6.33. The van der Waals surface area contributed by atoms with Gasteiger partial charge in [0.1, 0.15) is 0 Å². The zero-order chi connectivity index (χ0) is 17.1. The van der Waals surface area contributed by atoms with Crippen molar-refractivity contribution in [1.29, 1.82) is 0 Å². The third kappa shape index (κ3) is 4.19. The number of hydrogen-bond donors (Lipinski definition) is 0. The summed E-state index contributed by atoms with van der Waals surface area (Å²) in [5.74, 6) is -1.74. The third-order valence-electron chi connectivity index (χ3n) is 3.45. The normalized spacial score (nSPS) is 12.1. The van der Waals surface area contributed by atoms with Crippen LogP contribution in [-0.2, 0) is 10.2 Å². The molecule has 0 saturated heterocycles. The number of rotatable bonds is 6. The van der Waals surface area contributed by atoms with Gasteiger partial charge in [-0.15, -0.1) is 0 Å². The number of nitro groups is 1. The Morgan fingerprint density at radius 1 is 1.32 bits per heavy atom. The molecule has 5 nitrogen and oxygen atoms in total. The molecule has 8 heteroatoms. The van der Waals surface area contributed by atoms with E-state index < -0.39 is 28.7 Å². The van der Waals surface area contributed by atoms with E-state index >= 15 is 0 Å². The van der Waals surface area contributed by atoms with E-state index in [1.54, 1.807) is 19.9 Å². The van der Waals surface area contributed by atoms with Crippen LogP contribution < -0.4 is 4.74 Å². The van der Waals surface area contributed by atoms with Gasteiger partial charge in [-0.1, -0.05) is 19.9 Å². The van der Waals surface area contributed by atoms with Crippen molar-refractivity contribution in [3.8, 4) is 5.75 Å². The van der Waals surface area contributed by atoms with E-state index in [-0.39, 0.29) is 17.9 Å². The quantitative estimate of drug-likeness (QED) is 0.591. The number of alkyl halides is 3. The zero-order valence-electron chi connectivity index (χ0n) is 12.4. The maximum Gasteiger partial charge on any atom is 0.449 e. The highest BCUT2D eigenvalue weighted by Crippen LogP contribution is 2.36. The Bertz CT molecular complexity index is 582. The Morgan fingerprint density at radius 2 is 1.91 bits per heavy atom. The van der Waals surface area contributed by atoms with Gasteiger partial charge in [-0.2, -0.15) is 13.2 Å². The van der Waals surface area contributed by atoms with Crippen molar-refractivity contribution in [3.05, 3.63) is 33.9 Å². The van der Waals surface area contributed by atoms with Crippen LogP contribution in [0.2, 0.25) is 0 Å². The van der Waals surface area contributed by atoms with E-state index in [4.69, 9.17) is 4.74 Å². The molecular formula is C14H16F3NO4. The smallest absolute Gasteiger partial charge is 0.449 e. The molecule has 0 fully saturated rings. The molecule has 0 aliphatic heterocycles. The fourth-order valence-electron chi connectivity index (χ4n) is 1.97. The fraction of sp³-hybridized carbons (Fsp3) is 0.500. The molecule has 0 bridgehead atoms. The van der Waals surface area contributed by atoms with Gasteiger partial charge in [-0.25, -0.2) is 0 Å². The first-order valence-corrected chi connectivity index (χ1v) is 6.42. The first-order chi connectivity index (χ1) is 9.99. The molecular weight excluding hydrogens is 303 g/mol. The van der Waals surface area contributed by atoms with E-state index in [0.717, 1.165) is 0 Å². The number of halogens is 3. The van der Waals surface area contributed by atoms with Crippen molar-refractivity contribution in [2.45, 2.75) is 38.3 Å². The van der Waals surface area contributed by atoms with Gasteiger partial charge in [0, 0.05) is 12.5 Å². The molecule has 1 aromatic rings. The highest BCUT2D eigenvalue weighted by Gasteiger charge is 2.38. The number of carbonyl (C=O) groups excluding carboxylic acids is 1. The number of ether oxygens (including phenoxy) is 1. The molecule has 0 atom stereocenters. The number of methoxy groups -OCH3 is 1. The highest BCUT2D eigenvalue weighted by molar-refractivity contribution is 5.84. The monoisotopic (exact) mass is 319 g/mol. The number of ketones is 1. The lowest BCUT2D eigenvalue weighted by Crippen LogP contribution is -2.26. The van der Waals surface area contributed by atoms with Crippen molar-refractivity contribution in [3.63, 3.8) is 0 Å². The minimum absolute atomic E-state index is 0.0657. The zero-order valence-corrected chi connectivity index (χ0v) is 12.4. The predicted octanol–water partition coefficient (Wildman–Crippen LogP) is 3.79. The van der Waals surface area contributed by atoms with Crippen molar-refractivity contribution in [2.75, 3.05) is 7.11 Å². The summed E-state index contributed by atoms with van der Waals surface area (Å²) in [6, 6.07) is 4.20. The summed E-state index contributed by atoms with van der Waals surface area (Å²) in [4.78, 5) is 21.3. The average Bonchev–Trinajstić information content (AvgIpc) is 2.42. The average molecular weight is 319 g/mol. The summed E-state index contributed by atoms with van der Waals surface area (Å²) in [5.41, 5.74) is -0.622. The number of carbonyl (C=O) groups is 1. The Balaban J connectivity index is 3.00. The van der Waals surface area contributed by atoms with E-state index in [9.17, 15) is 28.1 Å². The Morgan fingerprint density at radius 3 is 2.36 bits per heavy atom. The number of nitro benzene ring substituents is 1. The van der Waals surface area contributed by atoms with Crippen LogP contribution in [0, 0.1) is 10.1 Å². The lowest BCUT2D eigenvalue weighted by atomic mass is 9.79. The summed E-state index contributed by atoms with van der Waals surface area (Å²) in [6.45, 7) is 3.25. The van der Waals surface area contributed by atoms with Crippen LogP contribution >= 0.6 is 0 Å². The molecule has 0 saturated carbocycles. The first kappa shape index (κ1) is 17.9. The molecule has 0 amide bonds. The van der Waals surface area contributed by atoms with Crippen LogP contribution in [0.25, 0.3) is 0 Å². The van der Waals surface area contributed by atoms with Gasteiger partial charge in [0.2, 0.25) is 5.78 Å². The molecule has 1 aromatic carbocycles. The van der Waals surface area contributed by atoms with Crippen LogP contribution in [0.5, 0.6) is 5.75 Å². The molecule has 122 valence electrons. The van der Waals surface area contributed by atoms with Gasteiger partial charge in [0.25, 0.3) is 0 Å². The van der Waals surface area contributed by atoms with Crippen molar-refractivity contribution < 1.29 is 27.6 Å². The fourth-order valence-corrected chi connectivity index (χ4v) is 1.97. The molecule has 0 N–H and O–H groups in total. The summed E-state index contributed by atoms with van der Waals surface area (Å²) >= 11 is 0. The highest BCUT2D eigenvalue weighted by atomic mass is 19.4. The van der Waals surface area contributed by atoms with Gasteiger partial charge in [-0.3, -0.25) is 14.9 Å². The Kier molecular flexibility index (Phi) is 5.16. The first-order valence-electron chi connectivity index (χ1n) is 6.42. The molecule has 0 spiro atoms. The summed E-state index contributed by atoms with van der Waals surface area (Å²) in [6.07, 6.45) is -5.60. The molecule has 0 radical (unpaired) electrons. The lowest BCUT2D eigenvalue weighted by molar-refractivity contribution is -0.385. The van der Waals surface area contributed by atoms with Gasteiger partial charge >= 0.3 is 11.9 Å². The summed E-state index contributed by atoms with van der Waals surface area (Å²) < 4.78 is 41.6. The van der Waals surface area contributed by atoms with Crippen molar-refractivity contribution in [2.24, 2.45) is 0 Å². The van der Waals surface area contributed by atoms with Crippen molar-refractivity contribution in [1.82, 2.24) is 0 Å². The summed E-state index contributed by atoms with van der Waals surface area (Å²) in [7, 11) is 1.29. The SMILES string of the molecule is COc1ccc(C(C)(C)CCC(=O)C(F)(F)F)cc1[N+](=O)[O-]. The predicted molar refractivity (Wildman–Crippen MR) is 73.0 cm³/mol. The van der Waals surface area contributed by atoms with Gasteiger partial charge < -0.3 is 4.74 Å². The summed E-state index contributed by atoms with van der Waals surface area (Å²) in [5, 5.41) is 11.0. The molecule has 1 rings (SSSR count). The van der Waals surface area contributed by atoms with Gasteiger partial charge in [0.05, 0.1) is 12.0 Å². The molecule has 0 aliphatic rings. The molecule has 0 aliphatic carbocycles. The number of nitrogens with zero attached hydrogens (tertiary/aromatic N) is 1. The van der Waals surface area contributed by atoms with Crippen LogP contribution in [0.15, 0.2) is 18.2 Å². The third-order valence-corrected chi connectivity index (χ3v) is 3.45.